The monoisotopic (exact) mass is 294 g/mol. The number of rotatable bonds is 3. The number of aryl methyl sites for hydroxylation is 2. The molecular formula is C13H14N2O4S. The van der Waals surface area contributed by atoms with Gasteiger partial charge in [0.25, 0.3) is 5.91 Å². The van der Waals surface area contributed by atoms with Crippen LogP contribution < -0.4 is 5.32 Å². The van der Waals surface area contributed by atoms with Crippen LogP contribution in [-0.2, 0) is 9.84 Å². The standard InChI is InChI=1S/C13H14N2O4S/c1-8-12(9(2)19-15-8)13(16)14-10-4-6-11(7-5-10)20(3,17)18/h4-7H,1-3H3,(H,14,16). The second kappa shape index (κ2) is 5.09. The maximum absolute atomic E-state index is 12.1. The summed E-state index contributed by atoms with van der Waals surface area (Å²) in [6.07, 6.45) is 1.13. The highest BCUT2D eigenvalue weighted by atomic mass is 32.2. The molecule has 106 valence electrons. The van der Waals surface area contributed by atoms with Crippen LogP contribution in [0.3, 0.4) is 0 Å². The van der Waals surface area contributed by atoms with Gasteiger partial charge in [-0.1, -0.05) is 5.16 Å². The van der Waals surface area contributed by atoms with Crippen molar-refractivity contribution in [2.45, 2.75) is 18.7 Å². The lowest BCUT2D eigenvalue weighted by atomic mass is 10.2. The van der Waals surface area contributed by atoms with Gasteiger partial charge in [0, 0.05) is 11.9 Å². The van der Waals surface area contributed by atoms with Crippen LogP contribution in [0.5, 0.6) is 0 Å². The fraction of sp³-hybridized carbons (Fsp3) is 0.231. The molecule has 1 aromatic heterocycles. The predicted molar refractivity (Wildman–Crippen MR) is 73.5 cm³/mol. The Kier molecular flexibility index (Phi) is 3.63. The molecular weight excluding hydrogens is 280 g/mol. The minimum Gasteiger partial charge on any atom is -0.361 e. The summed E-state index contributed by atoms with van der Waals surface area (Å²) >= 11 is 0. The summed E-state index contributed by atoms with van der Waals surface area (Å²) in [7, 11) is -3.24. The van der Waals surface area contributed by atoms with Gasteiger partial charge in [-0.15, -0.1) is 0 Å². The fourth-order valence-corrected chi connectivity index (χ4v) is 2.42. The number of amides is 1. The number of sulfone groups is 1. The number of hydrogen-bond donors (Lipinski definition) is 1. The highest BCUT2D eigenvalue weighted by Gasteiger charge is 2.17. The molecule has 1 amide bonds. The van der Waals surface area contributed by atoms with Crippen molar-refractivity contribution in [3.05, 3.63) is 41.3 Å². The molecule has 7 heteroatoms. The van der Waals surface area contributed by atoms with Crippen molar-refractivity contribution in [2.24, 2.45) is 0 Å². The zero-order chi connectivity index (χ0) is 14.9. The van der Waals surface area contributed by atoms with Crippen molar-refractivity contribution >= 4 is 21.4 Å². The molecule has 0 bridgehead atoms. The molecule has 0 spiro atoms. The molecule has 0 fully saturated rings. The molecule has 1 aromatic carbocycles. The van der Waals surface area contributed by atoms with Gasteiger partial charge in [0.1, 0.15) is 11.3 Å². The number of anilines is 1. The van der Waals surface area contributed by atoms with E-state index < -0.39 is 9.84 Å². The van der Waals surface area contributed by atoms with Gasteiger partial charge >= 0.3 is 0 Å². The Hall–Kier alpha value is -2.15. The average Bonchev–Trinajstić information content (AvgIpc) is 2.68. The third kappa shape index (κ3) is 2.88. The lowest BCUT2D eigenvalue weighted by Crippen LogP contribution is -2.13. The molecule has 0 saturated carbocycles. The second-order valence-corrected chi connectivity index (χ2v) is 6.47. The van der Waals surface area contributed by atoms with E-state index in [0.29, 0.717) is 22.7 Å². The minimum atomic E-state index is -3.24. The first-order valence-electron chi connectivity index (χ1n) is 5.83. The number of hydrogen-bond acceptors (Lipinski definition) is 5. The first kappa shape index (κ1) is 14.3. The highest BCUT2D eigenvalue weighted by Crippen LogP contribution is 2.17. The van der Waals surface area contributed by atoms with Crippen molar-refractivity contribution in [3.63, 3.8) is 0 Å². The summed E-state index contributed by atoms with van der Waals surface area (Å²) in [6, 6.07) is 5.95. The summed E-state index contributed by atoms with van der Waals surface area (Å²) in [6.45, 7) is 3.33. The van der Waals surface area contributed by atoms with Crippen LogP contribution in [0.25, 0.3) is 0 Å². The van der Waals surface area contributed by atoms with Gasteiger partial charge in [0.2, 0.25) is 0 Å². The quantitative estimate of drug-likeness (QED) is 0.934. The Labute approximate surface area is 116 Å². The molecule has 1 heterocycles. The molecule has 1 N–H and O–H groups in total. The molecule has 0 aliphatic rings. The van der Waals surface area contributed by atoms with Crippen LogP contribution in [0.4, 0.5) is 5.69 Å². The first-order chi connectivity index (χ1) is 9.29. The zero-order valence-electron chi connectivity index (χ0n) is 11.3. The van der Waals surface area contributed by atoms with Gasteiger partial charge in [0.15, 0.2) is 9.84 Å². The van der Waals surface area contributed by atoms with E-state index >= 15 is 0 Å². The summed E-state index contributed by atoms with van der Waals surface area (Å²) in [4.78, 5) is 12.3. The van der Waals surface area contributed by atoms with Gasteiger partial charge in [-0.3, -0.25) is 4.79 Å². The third-order valence-electron chi connectivity index (χ3n) is 2.80. The fourth-order valence-electron chi connectivity index (χ4n) is 1.79. The van der Waals surface area contributed by atoms with Crippen molar-refractivity contribution in [2.75, 3.05) is 11.6 Å². The highest BCUT2D eigenvalue weighted by molar-refractivity contribution is 7.90. The first-order valence-corrected chi connectivity index (χ1v) is 7.72. The molecule has 0 saturated heterocycles. The molecule has 6 nitrogen and oxygen atoms in total. The normalized spacial score (nSPS) is 11.3. The van der Waals surface area contributed by atoms with Crippen LogP contribution in [0.2, 0.25) is 0 Å². The number of nitrogens with one attached hydrogen (secondary N) is 1. The van der Waals surface area contributed by atoms with Crippen LogP contribution >= 0.6 is 0 Å². The van der Waals surface area contributed by atoms with E-state index in [2.05, 4.69) is 10.5 Å². The topological polar surface area (TPSA) is 89.3 Å². The Bertz CT molecular complexity index is 726. The Morgan fingerprint density at radius 3 is 2.25 bits per heavy atom. The van der Waals surface area contributed by atoms with E-state index in [1.807, 2.05) is 0 Å². The van der Waals surface area contributed by atoms with Gasteiger partial charge in [-0.05, 0) is 38.1 Å². The van der Waals surface area contributed by atoms with E-state index in [0.717, 1.165) is 6.26 Å². The van der Waals surface area contributed by atoms with Crippen LogP contribution in [0.1, 0.15) is 21.8 Å². The van der Waals surface area contributed by atoms with Crippen LogP contribution in [0, 0.1) is 13.8 Å². The number of carbonyl (C=O) groups excluding carboxylic acids is 1. The summed E-state index contributed by atoms with van der Waals surface area (Å²) in [5.74, 6) is 0.0983. The van der Waals surface area contributed by atoms with E-state index in [4.69, 9.17) is 4.52 Å². The molecule has 0 unspecified atom stereocenters. The predicted octanol–water partition coefficient (Wildman–Crippen LogP) is 1.95. The lowest BCUT2D eigenvalue weighted by molar-refractivity contribution is 0.102. The van der Waals surface area contributed by atoms with Crippen LogP contribution in [0.15, 0.2) is 33.7 Å². The molecule has 0 aliphatic heterocycles. The molecule has 20 heavy (non-hydrogen) atoms. The molecule has 2 aromatic rings. The molecule has 0 radical (unpaired) electrons. The molecule has 0 aliphatic carbocycles. The largest absolute Gasteiger partial charge is 0.361 e. The van der Waals surface area contributed by atoms with Gasteiger partial charge in [-0.25, -0.2) is 8.42 Å². The SMILES string of the molecule is Cc1noc(C)c1C(=O)Nc1ccc(S(C)(=O)=O)cc1. The lowest BCUT2D eigenvalue weighted by Gasteiger charge is -2.05. The van der Waals surface area contributed by atoms with E-state index in [9.17, 15) is 13.2 Å². The number of nitrogens with zero attached hydrogens (tertiary/aromatic N) is 1. The minimum absolute atomic E-state index is 0.202. The maximum atomic E-state index is 12.1. The van der Waals surface area contributed by atoms with E-state index in [-0.39, 0.29) is 10.8 Å². The number of benzene rings is 1. The molecule has 2 rings (SSSR count). The van der Waals surface area contributed by atoms with Crippen LogP contribution in [-0.4, -0.2) is 25.7 Å². The Balaban J connectivity index is 2.21. The van der Waals surface area contributed by atoms with Gasteiger partial charge in [-0.2, -0.15) is 0 Å². The van der Waals surface area contributed by atoms with Gasteiger partial charge < -0.3 is 9.84 Å². The Morgan fingerprint density at radius 2 is 1.80 bits per heavy atom. The zero-order valence-corrected chi connectivity index (χ0v) is 12.1. The number of aromatic nitrogens is 1. The summed E-state index contributed by atoms with van der Waals surface area (Å²) in [5, 5.41) is 6.38. The van der Waals surface area contributed by atoms with Crippen molar-refractivity contribution in [1.29, 1.82) is 0 Å². The smallest absolute Gasteiger partial charge is 0.261 e. The van der Waals surface area contributed by atoms with Crippen molar-refractivity contribution in [3.8, 4) is 0 Å². The Morgan fingerprint density at radius 1 is 1.20 bits per heavy atom. The van der Waals surface area contributed by atoms with Crippen molar-refractivity contribution < 1.29 is 17.7 Å². The van der Waals surface area contributed by atoms with Gasteiger partial charge in [0.05, 0.1) is 10.6 Å². The average molecular weight is 294 g/mol. The van der Waals surface area contributed by atoms with E-state index in [1.165, 1.54) is 24.3 Å². The summed E-state index contributed by atoms with van der Waals surface area (Å²) in [5.41, 5.74) is 1.40. The van der Waals surface area contributed by atoms with E-state index in [1.54, 1.807) is 13.8 Å². The maximum Gasteiger partial charge on any atom is 0.261 e. The summed E-state index contributed by atoms with van der Waals surface area (Å²) < 4.78 is 27.6. The number of carbonyl (C=O) groups is 1. The molecule has 0 atom stereocenters. The van der Waals surface area contributed by atoms with Crippen molar-refractivity contribution in [1.82, 2.24) is 5.16 Å². The third-order valence-corrected chi connectivity index (χ3v) is 3.93. The second-order valence-electron chi connectivity index (χ2n) is 4.45.